The number of para-hydroxylation sites is 1. The lowest BCUT2D eigenvalue weighted by atomic mass is 10.1. The van der Waals surface area contributed by atoms with E-state index in [9.17, 15) is 4.79 Å². The molecule has 0 heterocycles. The van der Waals surface area contributed by atoms with E-state index in [0.717, 1.165) is 17.9 Å². The molecule has 2 aromatic carbocycles. The maximum Gasteiger partial charge on any atom is 0.219 e. The van der Waals surface area contributed by atoms with E-state index >= 15 is 0 Å². The first kappa shape index (κ1) is 14.1. The molecule has 20 heavy (non-hydrogen) atoms. The second-order valence-electron chi connectivity index (χ2n) is 4.51. The maximum absolute atomic E-state index is 11.1. The van der Waals surface area contributed by atoms with E-state index < -0.39 is 0 Å². The van der Waals surface area contributed by atoms with Crippen molar-refractivity contribution in [2.45, 2.75) is 19.8 Å². The van der Waals surface area contributed by atoms with Crippen molar-refractivity contribution in [3.63, 3.8) is 0 Å². The molecule has 3 heteroatoms. The van der Waals surface area contributed by atoms with Gasteiger partial charge in [0.05, 0.1) is 0 Å². The van der Waals surface area contributed by atoms with E-state index in [2.05, 4.69) is 5.32 Å². The van der Waals surface area contributed by atoms with Crippen LogP contribution in [0, 0.1) is 0 Å². The lowest BCUT2D eigenvalue weighted by Gasteiger charge is -2.07. The zero-order valence-corrected chi connectivity index (χ0v) is 11.6. The fourth-order valence-corrected chi connectivity index (χ4v) is 1.82. The molecule has 2 rings (SSSR count). The highest BCUT2D eigenvalue weighted by molar-refractivity contribution is 5.75. The molecular weight excluding hydrogens is 250 g/mol. The second-order valence-corrected chi connectivity index (χ2v) is 4.51. The molecule has 1 N–H and O–H groups in total. The van der Waals surface area contributed by atoms with E-state index in [-0.39, 0.29) is 5.91 Å². The smallest absolute Gasteiger partial charge is 0.219 e. The van der Waals surface area contributed by atoms with Gasteiger partial charge in [-0.15, -0.1) is 0 Å². The van der Waals surface area contributed by atoms with Gasteiger partial charge >= 0.3 is 0 Å². The zero-order chi connectivity index (χ0) is 14.2. The molecule has 0 spiro atoms. The largest absolute Gasteiger partial charge is 0.457 e. The van der Waals surface area contributed by atoms with Crippen LogP contribution in [-0.2, 0) is 11.2 Å². The summed E-state index contributed by atoms with van der Waals surface area (Å²) in [5.74, 6) is 1.74. The second kappa shape index (κ2) is 7.34. The number of carbonyl (C=O) groups excluding carboxylic acids is 1. The fraction of sp³-hybridized carbons (Fsp3) is 0.235. The van der Waals surface area contributed by atoms with Gasteiger partial charge in [-0.25, -0.2) is 0 Å². The van der Waals surface area contributed by atoms with Crippen LogP contribution >= 0.6 is 0 Å². The van der Waals surface area contributed by atoms with Gasteiger partial charge in [-0.1, -0.05) is 37.3 Å². The van der Waals surface area contributed by atoms with Crippen molar-refractivity contribution in [1.82, 2.24) is 5.32 Å². The van der Waals surface area contributed by atoms with Crippen molar-refractivity contribution in [3.05, 3.63) is 60.2 Å². The van der Waals surface area contributed by atoms with Crippen LogP contribution in [0.5, 0.6) is 11.5 Å². The Bertz CT molecular complexity index is 535. The Balaban J connectivity index is 1.85. The van der Waals surface area contributed by atoms with Crippen LogP contribution in [0.25, 0.3) is 0 Å². The Morgan fingerprint density at radius 2 is 1.65 bits per heavy atom. The molecule has 0 radical (unpaired) electrons. The highest BCUT2D eigenvalue weighted by atomic mass is 16.5. The van der Waals surface area contributed by atoms with Crippen molar-refractivity contribution < 1.29 is 9.53 Å². The number of carbonyl (C=O) groups is 1. The summed E-state index contributed by atoms with van der Waals surface area (Å²) in [4.78, 5) is 11.1. The van der Waals surface area contributed by atoms with Crippen LogP contribution in [0.15, 0.2) is 54.6 Å². The summed E-state index contributed by atoms with van der Waals surface area (Å²) in [7, 11) is 0. The Kier molecular flexibility index (Phi) is 5.18. The van der Waals surface area contributed by atoms with Gasteiger partial charge in [-0.2, -0.15) is 0 Å². The predicted octanol–water partition coefficient (Wildman–Crippen LogP) is 3.55. The molecule has 0 unspecified atom stereocenters. The number of benzene rings is 2. The van der Waals surface area contributed by atoms with Crippen molar-refractivity contribution in [1.29, 1.82) is 0 Å². The van der Waals surface area contributed by atoms with E-state index in [1.54, 1.807) is 0 Å². The Morgan fingerprint density at radius 1 is 1.00 bits per heavy atom. The van der Waals surface area contributed by atoms with Crippen molar-refractivity contribution in [2.75, 3.05) is 6.54 Å². The van der Waals surface area contributed by atoms with Crippen LogP contribution in [0.2, 0.25) is 0 Å². The van der Waals surface area contributed by atoms with Gasteiger partial charge in [0.1, 0.15) is 11.5 Å². The molecule has 1 amide bonds. The first-order valence-electron chi connectivity index (χ1n) is 6.86. The van der Waals surface area contributed by atoms with Gasteiger partial charge in [0.25, 0.3) is 0 Å². The fourth-order valence-electron chi connectivity index (χ4n) is 1.82. The number of hydrogen-bond donors (Lipinski definition) is 1. The lowest BCUT2D eigenvalue weighted by Crippen LogP contribution is -2.24. The summed E-state index contributed by atoms with van der Waals surface area (Å²) in [5.41, 5.74) is 1.18. The highest BCUT2D eigenvalue weighted by Gasteiger charge is 1.99. The average Bonchev–Trinajstić information content (AvgIpc) is 2.50. The number of nitrogens with one attached hydrogen (secondary N) is 1. The van der Waals surface area contributed by atoms with Crippen molar-refractivity contribution >= 4 is 5.91 Å². The molecule has 0 aliphatic carbocycles. The summed E-state index contributed by atoms with van der Waals surface area (Å²) in [6, 6.07) is 17.6. The number of rotatable bonds is 6. The van der Waals surface area contributed by atoms with Crippen LogP contribution in [0.1, 0.15) is 18.9 Å². The summed E-state index contributed by atoms with van der Waals surface area (Å²) in [6.45, 7) is 2.52. The molecule has 0 bridgehead atoms. The maximum atomic E-state index is 11.1. The van der Waals surface area contributed by atoms with Gasteiger partial charge in [0, 0.05) is 13.0 Å². The molecule has 2 aromatic rings. The highest BCUT2D eigenvalue weighted by Crippen LogP contribution is 2.21. The molecule has 0 aliphatic heterocycles. The third-order valence-electron chi connectivity index (χ3n) is 2.96. The molecule has 0 saturated carbocycles. The van der Waals surface area contributed by atoms with E-state index in [1.807, 2.05) is 61.5 Å². The Morgan fingerprint density at radius 3 is 2.30 bits per heavy atom. The Labute approximate surface area is 119 Å². The molecule has 0 aliphatic rings. The van der Waals surface area contributed by atoms with Crippen LogP contribution in [-0.4, -0.2) is 12.5 Å². The topological polar surface area (TPSA) is 38.3 Å². The summed E-state index contributed by atoms with van der Waals surface area (Å²) in [6.07, 6.45) is 1.36. The monoisotopic (exact) mass is 269 g/mol. The van der Waals surface area contributed by atoms with Crippen LogP contribution < -0.4 is 10.1 Å². The van der Waals surface area contributed by atoms with Crippen molar-refractivity contribution in [2.24, 2.45) is 0 Å². The Hall–Kier alpha value is -2.29. The minimum absolute atomic E-state index is 0.0917. The SMILES string of the molecule is CCC(=O)NCCc1ccc(Oc2ccccc2)cc1. The number of ether oxygens (including phenoxy) is 1. The molecule has 0 fully saturated rings. The third kappa shape index (κ3) is 4.43. The van der Waals surface area contributed by atoms with Crippen LogP contribution in [0.4, 0.5) is 0 Å². The zero-order valence-electron chi connectivity index (χ0n) is 11.6. The first-order valence-corrected chi connectivity index (χ1v) is 6.86. The average molecular weight is 269 g/mol. The number of hydrogen-bond acceptors (Lipinski definition) is 2. The molecule has 0 saturated heterocycles. The molecule has 3 nitrogen and oxygen atoms in total. The van der Waals surface area contributed by atoms with Gasteiger partial charge in [0.2, 0.25) is 5.91 Å². The van der Waals surface area contributed by atoms with E-state index in [0.29, 0.717) is 13.0 Å². The van der Waals surface area contributed by atoms with E-state index in [1.165, 1.54) is 5.56 Å². The van der Waals surface area contributed by atoms with Gasteiger partial charge in [0.15, 0.2) is 0 Å². The molecular formula is C17H19NO2. The van der Waals surface area contributed by atoms with Gasteiger partial charge in [-0.3, -0.25) is 4.79 Å². The normalized spacial score (nSPS) is 10.1. The molecule has 0 aromatic heterocycles. The van der Waals surface area contributed by atoms with Crippen molar-refractivity contribution in [3.8, 4) is 11.5 Å². The summed E-state index contributed by atoms with van der Waals surface area (Å²) >= 11 is 0. The summed E-state index contributed by atoms with van der Waals surface area (Å²) in [5, 5.41) is 2.87. The molecule has 0 atom stereocenters. The quantitative estimate of drug-likeness (QED) is 0.871. The minimum Gasteiger partial charge on any atom is -0.457 e. The van der Waals surface area contributed by atoms with Gasteiger partial charge < -0.3 is 10.1 Å². The predicted molar refractivity (Wildman–Crippen MR) is 80.0 cm³/mol. The summed E-state index contributed by atoms with van der Waals surface area (Å²) < 4.78 is 5.72. The third-order valence-corrected chi connectivity index (χ3v) is 2.96. The number of amides is 1. The lowest BCUT2D eigenvalue weighted by molar-refractivity contribution is -0.120. The van der Waals surface area contributed by atoms with E-state index in [4.69, 9.17) is 4.74 Å². The standard InChI is InChI=1S/C17H19NO2/c1-2-17(19)18-13-12-14-8-10-16(11-9-14)20-15-6-4-3-5-7-15/h3-11H,2,12-13H2,1H3,(H,18,19). The minimum atomic E-state index is 0.0917. The first-order chi connectivity index (χ1) is 9.78. The van der Waals surface area contributed by atoms with Gasteiger partial charge in [-0.05, 0) is 36.2 Å². The molecule has 104 valence electrons. The van der Waals surface area contributed by atoms with Crippen LogP contribution in [0.3, 0.4) is 0 Å².